The van der Waals surface area contributed by atoms with E-state index in [1.807, 2.05) is 36.4 Å². The number of amides is 1. The van der Waals surface area contributed by atoms with Gasteiger partial charge in [-0.2, -0.15) is 4.98 Å². The van der Waals surface area contributed by atoms with Gasteiger partial charge in [0, 0.05) is 13.5 Å². The normalized spacial score (nSPS) is 11.5. The summed E-state index contributed by atoms with van der Waals surface area (Å²) < 4.78 is 15.9. The van der Waals surface area contributed by atoms with E-state index in [-0.39, 0.29) is 24.8 Å². The maximum absolute atomic E-state index is 12.9. The molecule has 0 bridgehead atoms. The van der Waals surface area contributed by atoms with E-state index in [2.05, 4.69) is 15.5 Å². The molecule has 38 heavy (non-hydrogen) atoms. The first-order valence-electron chi connectivity index (χ1n) is 11.9. The Morgan fingerprint density at radius 3 is 2.50 bits per heavy atom. The van der Waals surface area contributed by atoms with Gasteiger partial charge in [0.1, 0.15) is 12.4 Å². The highest BCUT2D eigenvalue weighted by Gasteiger charge is 2.26. The zero-order valence-corrected chi connectivity index (χ0v) is 23.3. The number of carbonyl (C=O) groups is 2. The number of nitrogens with one attached hydrogen (secondary N) is 1. The Morgan fingerprint density at radius 1 is 1.08 bits per heavy atom. The molecule has 3 rings (SSSR count). The molecule has 12 heteroatoms. The summed E-state index contributed by atoms with van der Waals surface area (Å²) in [6, 6.07) is 12.2. The van der Waals surface area contributed by atoms with Crippen molar-refractivity contribution in [2.24, 2.45) is 5.73 Å². The number of rotatable bonds is 15. The quantitative estimate of drug-likeness (QED) is 0.198. The number of Topliss-reactive ketones (excluding diaryl/α,β-unsaturated/α-hetero) is 1. The molecule has 1 aromatic heterocycles. The van der Waals surface area contributed by atoms with E-state index < -0.39 is 17.7 Å². The molecule has 0 fully saturated rings. The fourth-order valence-corrected chi connectivity index (χ4v) is 3.89. The molecule has 206 valence electrons. The lowest BCUT2D eigenvalue weighted by molar-refractivity contribution is -0.125. The summed E-state index contributed by atoms with van der Waals surface area (Å²) in [5, 5.41) is 7.54. The summed E-state index contributed by atoms with van der Waals surface area (Å²) in [6.45, 7) is 0.841. The molecule has 0 unspecified atom stereocenters. The van der Waals surface area contributed by atoms with Crippen LogP contribution in [-0.4, -0.2) is 54.7 Å². The summed E-state index contributed by atoms with van der Waals surface area (Å²) in [5.74, 6) is 0.129. The Labute approximate surface area is 237 Å². The van der Waals surface area contributed by atoms with E-state index in [1.54, 1.807) is 6.07 Å². The topological polar surface area (TPSA) is 130 Å². The summed E-state index contributed by atoms with van der Waals surface area (Å²) in [7, 11) is 1.41. The Kier molecular flexibility index (Phi) is 13.5. The largest absolute Gasteiger partial charge is 0.493 e. The molecule has 0 radical (unpaired) electrons. The second-order valence-electron chi connectivity index (χ2n) is 8.38. The third-order valence-electron chi connectivity index (χ3n) is 5.48. The monoisotopic (exact) mass is 584 g/mol. The molecule has 0 aliphatic carbocycles. The van der Waals surface area contributed by atoms with E-state index in [0.29, 0.717) is 54.8 Å². The summed E-state index contributed by atoms with van der Waals surface area (Å²) in [6.07, 6.45) is 2.86. The van der Waals surface area contributed by atoms with E-state index in [4.69, 9.17) is 42.9 Å². The number of hydrogen-bond donors (Lipinski definition) is 2. The second-order valence-corrected chi connectivity index (χ2v) is 9.20. The van der Waals surface area contributed by atoms with Crippen molar-refractivity contribution in [2.75, 3.05) is 26.9 Å². The van der Waals surface area contributed by atoms with Crippen LogP contribution < -0.4 is 15.8 Å². The number of ether oxygens (including phenoxy) is 2. The van der Waals surface area contributed by atoms with Crippen LogP contribution in [0.4, 0.5) is 0 Å². The molecule has 9 nitrogen and oxygen atoms in total. The molecule has 2 aromatic carbocycles. The number of unbranched alkanes of at least 4 members (excludes halogenated alkanes) is 1. The van der Waals surface area contributed by atoms with Gasteiger partial charge in [-0.15, -0.1) is 12.4 Å². The van der Waals surface area contributed by atoms with Crippen LogP contribution in [-0.2, 0) is 22.4 Å². The molecule has 0 aliphatic rings. The first-order chi connectivity index (χ1) is 17.9. The zero-order chi connectivity index (χ0) is 26.6. The van der Waals surface area contributed by atoms with Gasteiger partial charge in [-0.3, -0.25) is 9.59 Å². The molecule has 1 heterocycles. The molecule has 3 aromatic rings. The third kappa shape index (κ3) is 9.89. The number of nitrogens with zero attached hydrogens (tertiary/aromatic N) is 2. The predicted molar refractivity (Wildman–Crippen MR) is 147 cm³/mol. The van der Waals surface area contributed by atoms with Crippen molar-refractivity contribution in [3.05, 3.63) is 75.4 Å². The van der Waals surface area contributed by atoms with Crippen molar-refractivity contribution in [2.45, 2.75) is 38.1 Å². The third-order valence-corrected chi connectivity index (χ3v) is 6.22. The lowest BCUT2D eigenvalue weighted by atomic mass is 10.0. The van der Waals surface area contributed by atoms with Gasteiger partial charge in [0.05, 0.1) is 29.1 Å². The van der Waals surface area contributed by atoms with Crippen LogP contribution in [0.15, 0.2) is 47.0 Å². The van der Waals surface area contributed by atoms with Crippen molar-refractivity contribution in [3.8, 4) is 5.75 Å². The Morgan fingerprint density at radius 2 is 1.82 bits per heavy atom. The van der Waals surface area contributed by atoms with Crippen molar-refractivity contribution >= 4 is 47.3 Å². The van der Waals surface area contributed by atoms with E-state index in [1.165, 1.54) is 7.11 Å². The van der Waals surface area contributed by atoms with Gasteiger partial charge in [0.2, 0.25) is 23.4 Å². The minimum absolute atomic E-state index is 0. The van der Waals surface area contributed by atoms with Crippen molar-refractivity contribution in [1.29, 1.82) is 0 Å². The smallest absolute Gasteiger partial charge is 0.246 e. The van der Waals surface area contributed by atoms with Gasteiger partial charge in [-0.25, -0.2) is 0 Å². The number of ketones is 1. The highest BCUT2D eigenvalue weighted by molar-refractivity contribution is 6.42. The van der Waals surface area contributed by atoms with Crippen molar-refractivity contribution in [1.82, 2.24) is 15.5 Å². The van der Waals surface area contributed by atoms with Gasteiger partial charge < -0.3 is 25.0 Å². The average Bonchev–Trinajstić information content (AvgIpc) is 3.35. The number of halogens is 3. The van der Waals surface area contributed by atoms with Crippen LogP contribution in [0.2, 0.25) is 10.0 Å². The summed E-state index contributed by atoms with van der Waals surface area (Å²) in [4.78, 5) is 29.1. The highest BCUT2D eigenvalue weighted by atomic mass is 35.5. The van der Waals surface area contributed by atoms with Crippen LogP contribution in [0.3, 0.4) is 0 Å². The molecule has 1 amide bonds. The molecule has 3 N–H and O–H groups in total. The maximum atomic E-state index is 12.9. The average molecular weight is 586 g/mol. The van der Waals surface area contributed by atoms with Gasteiger partial charge in [-0.1, -0.05) is 46.6 Å². The number of benzene rings is 2. The second kappa shape index (κ2) is 16.3. The molecule has 1 atom stereocenters. The molecular weight excluding hydrogens is 555 g/mol. The summed E-state index contributed by atoms with van der Waals surface area (Å²) in [5.41, 5.74) is 7.49. The fraction of sp³-hybridized carbons (Fsp3) is 0.385. The van der Waals surface area contributed by atoms with Crippen LogP contribution in [0.1, 0.15) is 46.9 Å². The number of methoxy groups -OCH3 is 1. The minimum Gasteiger partial charge on any atom is -0.493 e. The number of carbonyl (C=O) groups excluding carboxylic acids is 2. The lowest BCUT2D eigenvalue weighted by Gasteiger charge is -2.15. The highest BCUT2D eigenvalue weighted by Crippen LogP contribution is 2.23. The Bertz CT molecular complexity index is 1170. The van der Waals surface area contributed by atoms with Gasteiger partial charge in [-0.05, 0) is 61.2 Å². The van der Waals surface area contributed by atoms with Gasteiger partial charge in [0.15, 0.2) is 0 Å². The molecule has 0 aliphatic heterocycles. The first kappa shape index (κ1) is 31.5. The number of hydrogen-bond acceptors (Lipinski definition) is 8. The predicted octanol–water partition coefficient (Wildman–Crippen LogP) is 4.45. The Hall–Kier alpha value is -2.69. The molecule has 0 spiro atoms. The van der Waals surface area contributed by atoms with E-state index >= 15 is 0 Å². The SMILES string of the molecule is COCC(=O)N[C@@H](CCCCN)C(=O)c1noc(Cc2ccc(OCCc3ccc(Cl)c(Cl)c3)cc2)n1.Cl. The van der Waals surface area contributed by atoms with Crippen LogP contribution in [0, 0.1) is 0 Å². The van der Waals surface area contributed by atoms with E-state index in [9.17, 15) is 9.59 Å². The molecule has 0 saturated carbocycles. The standard InChI is InChI=1S/C26H30Cl2N4O5.ClH/c1-35-16-23(33)30-22(4-2-3-12-29)25(34)26-31-24(37-32-26)15-17-5-8-19(9-6-17)36-13-11-18-7-10-20(27)21(28)14-18;/h5-10,14,22H,2-4,11-13,15-16,29H2,1H3,(H,30,33);1H/t22-;/m0./s1. The summed E-state index contributed by atoms with van der Waals surface area (Å²) >= 11 is 12.0. The zero-order valence-electron chi connectivity index (χ0n) is 21.0. The number of nitrogens with two attached hydrogens (primary N) is 1. The van der Waals surface area contributed by atoms with E-state index in [0.717, 1.165) is 23.3 Å². The van der Waals surface area contributed by atoms with Crippen LogP contribution >= 0.6 is 35.6 Å². The maximum Gasteiger partial charge on any atom is 0.246 e. The van der Waals surface area contributed by atoms with Crippen molar-refractivity contribution < 1.29 is 23.6 Å². The number of aromatic nitrogens is 2. The van der Waals surface area contributed by atoms with Crippen molar-refractivity contribution in [3.63, 3.8) is 0 Å². The first-order valence-corrected chi connectivity index (χ1v) is 12.7. The Balaban J connectivity index is 0.00000507. The van der Waals surface area contributed by atoms with Crippen LogP contribution in [0.25, 0.3) is 0 Å². The lowest BCUT2D eigenvalue weighted by Crippen LogP contribution is -2.42. The minimum atomic E-state index is -0.778. The van der Waals surface area contributed by atoms with Crippen LogP contribution in [0.5, 0.6) is 5.75 Å². The van der Waals surface area contributed by atoms with Gasteiger partial charge in [0.25, 0.3) is 0 Å². The molecular formula is C26H31Cl3N4O5. The fourth-order valence-electron chi connectivity index (χ4n) is 3.57. The van der Waals surface area contributed by atoms with Gasteiger partial charge >= 0.3 is 0 Å². The molecule has 0 saturated heterocycles.